The summed E-state index contributed by atoms with van der Waals surface area (Å²) in [5.41, 5.74) is 7.47. The fraction of sp³-hybridized carbons (Fsp3) is 0.0833. The molecule has 0 aliphatic carbocycles. The van der Waals surface area contributed by atoms with Crippen molar-refractivity contribution in [2.75, 3.05) is 5.75 Å². The number of carbonyl (C=O) groups excluding carboxylic acids is 2. The standard InChI is InChI=1S/C24H20ClN5O2S/c25-19-13-11-18(12-14-19)23-28-29-24(30(23)20-9-5-2-6-10-20)33-16-22(32)27-26-21(31)15-17-7-3-1-4-8-17/h1-14H,15-16H2,(H,26,31)(H,27,32). The van der Waals surface area contributed by atoms with E-state index in [1.807, 2.05) is 77.4 Å². The number of halogens is 1. The zero-order valence-corrected chi connectivity index (χ0v) is 19.0. The second kappa shape index (κ2) is 10.8. The molecule has 1 aromatic heterocycles. The minimum Gasteiger partial charge on any atom is -0.273 e. The first-order chi connectivity index (χ1) is 16.1. The van der Waals surface area contributed by atoms with E-state index in [0.717, 1.165) is 16.8 Å². The molecular formula is C24H20ClN5O2S. The Labute approximate surface area is 200 Å². The molecule has 1 heterocycles. The number of carbonyl (C=O) groups is 2. The quantitative estimate of drug-likeness (QED) is 0.309. The van der Waals surface area contributed by atoms with Gasteiger partial charge in [-0.15, -0.1) is 10.2 Å². The predicted molar refractivity (Wildman–Crippen MR) is 129 cm³/mol. The van der Waals surface area contributed by atoms with Crippen molar-refractivity contribution in [2.24, 2.45) is 0 Å². The van der Waals surface area contributed by atoms with Crippen molar-refractivity contribution in [1.82, 2.24) is 25.6 Å². The first kappa shape index (κ1) is 22.6. The molecule has 166 valence electrons. The highest BCUT2D eigenvalue weighted by Gasteiger charge is 2.17. The van der Waals surface area contributed by atoms with E-state index in [-0.39, 0.29) is 24.0 Å². The average molecular weight is 478 g/mol. The molecule has 0 unspecified atom stereocenters. The summed E-state index contributed by atoms with van der Waals surface area (Å²) < 4.78 is 1.88. The van der Waals surface area contributed by atoms with Crippen molar-refractivity contribution in [2.45, 2.75) is 11.6 Å². The summed E-state index contributed by atoms with van der Waals surface area (Å²) in [6.45, 7) is 0. The number of hydrogen-bond donors (Lipinski definition) is 2. The largest absolute Gasteiger partial charge is 0.273 e. The summed E-state index contributed by atoms with van der Waals surface area (Å²) in [6, 6.07) is 26.3. The molecule has 0 saturated carbocycles. The van der Waals surface area contributed by atoms with Crippen molar-refractivity contribution < 1.29 is 9.59 Å². The number of benzene rings is 3. The van der Waals surface area contributed by atoms with Gasteiger partial charge in [-0.05, 0) is 42.0 Å². The van der Waals surface area contributed by atoms with E-state index in [1.165, 1.54) is 11.8 Å². The van der Waals surface area contributed by atoms with Crippen LogP contribution in [0.3, 0.4) is 0 Å². The Kier molecular flexibility index (Phi) is 7.39. The Morgan fingerprint density at radius 1 is 0.818 bits per heavy atom. The maximum atomic E-state index is 12.3. The molecule has 0 atom stereocenters. The summed E-state index contributed by atoms with van der Waals surface area (Å²) in [4.78, 5) is 24.4. The molecule has 0 fully saturated rings. The van der Waals surface area contributed by atoms with Crippen molar-refractivity contribution in [3.05, 3.63) is 95.5 Å². The summed E-state index contributed by atoms with van der Waals surface area (Å²) in [7, 11) is 0. The third-order valence-electron chi connectivity index (χ3n) is 4.63. The number of thioether (sulfide) groups is 1. The molecule has 0 aliphatic rings. The molecule has 0 saturated heterocycles. The van der Waals surface area contributed by atoms with Gasteiger partial charge in [0.1, 0.15) is 0 Å². The maximum Gasteiger partial charge on any atom is 0.248 e. The molecule has 3 aromatic carbocycles. The minimum absolute atomic E-state index is 0.0528. The molecule has 4 aromatic rings. The van der Waals surface area contributed by atoms with Crippen LogP contribution in [-0.4, -0.2) is 32.3 Å². The topological polar surface area (TPSA) is 88.9 Å². The lowest BCUT2D eigenvalue weighted by Gasteiger charge is -2.11. The number of amides is 2. The van der Waals surface area contributed by atoms with Crippen LogP contribution in [-0.2, 0) is 16.0 Å². The normalized spacial score (nSPS) is 10.6. The van der Waals surface area contributed by atoms with Crippen LogP contribution in [0.15, 0.2) is 90.1 Å². The van der Waals surface area contributed by atoms with Crippen molar-refractivity contribution in [3.8, 4) is 17.1 Å². The van der Waals surface area contributed by atoms with Crippen LogP contribution in [0.4, 0.5) is 0 Å². The molecule has 4 rings (SSSR count). The lowest BCUT2D eigenvalue weighted by Crippen LogP contribution is -2.43. The van der Waals surface area contributed by atoms with E-state index in [1.54, 1.807) is 12.1 Å². The van der Waals surface area contributed by atoms with Gasteiger partial charge >= 0.3 is 0 Å². The second-order valence-corrected chi connectivity index (χ2v) is 8.41. The van der Waals surface area contributed by atoms with Crippen LogP contribution < -0.4 is 10.9 Å². The second-order valence-electron chi connectivity index (χ2n) is 7.03. The van der Waals surface area contributed by atoms with Crippen LogP contribution in [0.5, 0.6) is 0 Å². The zero-order valence-electron chi connectivity index (χ0n) is 17.4. The fourth-order valence-corrected chi connectivity index (χ4v) is 3.97. The van der Waals surface area contributed by atoms with Gasteiger partial charge in [-0.1, -0.05) is 71.9 Å². The number of aromatic nitrogens is 3. The number of nitrogens with one attached hydrogen (secondary N) is 2. The Bertz CT molecular complexity index is 1230. The Balaban J connectivity index is 1.43. The number of hydrazine groups is 1. The van der Waals surface area contributed by atoms with Crippen LogP contribution >= 0.6 is 23.4 Å². The third-order valence-corrected chi connectivity index (χ3v) is 5.81. The van der Waals surface area contributed by atoms with Gasteiger partial charge in [-0.25, -0.2) is 0 Å². The molecule has 2 N–H and O–H groups in total. The summed E-state index contributed by atoms with van der Waals surface area (Å²) in [6.07, 6.45) is 0.182. The van der Waals surface area contributed by atoms with E-state index in [9.17, 15) is 9.59 Å². The number of para-hydroxylation sites is 1. The van der Waals surface area contributed by atoms with Crippen molar-refractivity contribution in [1.29, 1.82) is 0 Å². The van der Waals surface area contributed by atoms with E-state index < -0.39 is 0 Å². The molecule has 0 bridgehead atoms. The fourth-order valence-electron chi connectivity index (χ4n) is 3.09. The summed E-state index contributed by atoms with van der Waals surface area (Å²) >= 11 is 7.25. The monoisotopic (exact) mass is 477 g/mol. The number of hydrogen-bond acceptors (Lipinski definition) is 5. The van der Waals surface area contributed by atoms with E-state index in [4.69, 9.17) is 11.6 Å². The van der Waals surface area contributed by atoms with E-state index >= 15 is 0 Å². The molecule has 0 aliphatic heterocycles. The molecule has 2 amide bonds. The highest BCUT2D eigenvalue weighted by molar-refractivity contribution is 7.99. The van der Waals surface area contributed by atoms with Gasteiger partial charge in [0, 0.05) is 16.3 Å². The first-order valence-corrected chi connectivity index (χ1v) is 11.5. The van der Waals surface area contributed by atoms with Gasteiger partial charge in [0.05, 0.1) is 12.2 Å². The van der Waals surface area contributed by atoms with E-state index in [2.05, 4.69) is 21.0 Å². The van der Waals surface area contributed by atoms with Crippen molar-refractivity contribution in [3.63, 3.8) is 0 Å². The van der Waals surface area contributed by atoms with Gasteiger partial charge in [-0.2, -0.15) is 0 Å². The van der Waals surface area contributed by atoms with Crippen LogP contribution in [0.25, 0.3) is 17.1 Å². The predicted octanol–water partition coefficient (Wildman–Crippen LogP) is 4.07. The van der Waals surface area contributed by atoms with Crippen LogP contribution in [0, 0.1) is 0 Å². The third kappa shape index (κ3) is 6.00. The lowest BCUT2D eigenvalue weighted by molar-refractivity contribution is -0.127. The number of rotatable bonds is 7. The highest BCUT2D eigenvalue weighted by Crippen LogP contribution is 2.28. The van der Waals surface area contributed by atoms with E-state index in [0.29, 0.717) is 16.0 Å². The zero-order chi connectivity index (χ0) is 23.0. The van der Waals surface area contributed by atoms with Crippen LogP contribution in [0.1, 0.15) is 5.56 Å². The minimum atomic E-state index is -0.350. The van der Waals surface area contributed by atoms with Gasteiger partial charge in [0.25, 0.3) is 0 Å². The van der Waals surface area contributed by atoms with Gasteiger partial charge in [0.2, 0.25) is 11.8 Å². The first-order valence-electron chi connectivity index (χ1n) is 10.1. The van der Waals surface area contributed by atoms with Gasteiger partial charge in [0.15, 0.2) is 11.0 Å². The Hall–Kier alpha value is -3.62. The Morgan fingerprint density at radius 3 is 2.15 bits per heavy atom. The molecule has 0 radical (unpaired) electrons. The highest BCUT2D eigenvalue weighted by atomic mass is 35.5. The van der Waals surface area contributed by atoms with Gasteiger partial charge in [-0.3, -0.25) is 25.0 Å². The van der Waals surface area contributed by atoms with Gasteiger partial charge < -0.3 is 0 Å². The average Bonchev–Trinajstić information content (AvgIpc) is 3.27. The lowest BCUT2D eigenvalue weighted by atomic mass is 10.1. The molecule has 0 spiro atoms. The van der Waals surface area contributed by atoms with Crippen LogP contribution in [0.2, 0.25) is 5.02 Å². The SMILES string of the molecule is O=C(CSc1nnc(-c2ccc(Cl)cc2)n1-c1ccccc1)NNC(=O)Cc1ccccc1. The smallest absolute Gasteiger partial charge is 0.248 e. The summed E-state index contributed by atoms with van der Waals surface area (Å²) in [5, 5.41) is 9.81. The number of nitrogens with zero attached hydrogens (tertiary/aromatic N) is 3. The Morgan fingerprint density at radius 2 is 1.45 bits per heavy atom. The molecule has 33 heavy (non-hydrogen) atoms. The summed E-state index contributed by atoms with van der Waals surface area (Å²) in [5.74, 6) is 0.0445. The molecule has 9 heteroatoms. The maximum absolute atomic E-state index is 12.3. The van der Waals surface area contributed by atoms with Crippen molar-refractivity contribution >= 4 is 35.2 Å². The molecule has 7 nitrogen and oxygen atoms in total. The molecular weight excluding hydrogens is 458 g/mol.